The lowest BCUT2D eigenvalue weighted by atomic mass is 9.88. The second-order valence-corrected chi connectivity index (χ2v) is 7.49. The van der Waals surface area contributed by atoms with Gasteiger partial charge in [0.25, 0.3) is 5.91 Å². The van der Waals surface area contributed by atoms with Crippen LogP contribution in [0.1, 0.15) is 30.0 Å². The molecule has 22 heavy (non-hydrogen) atoms. The van der Waals surface area contributed by atoms with Gasteiger partial charge in [0.05, 0.1) is 10.9 Å². The Morgan fingerprint density at radius 1 is 1.14 bits per heavy atom. The van der Waals surface area contributed by atoms with Crippen LogP contribution in [-0.4, -0.2) is 28.5 Å². The van der Waals surface area contributed by atoms with Crippen LogP contribution in [-0.2, 0) is 16.0 Å². The van der Waals surface area contributed by atoms with Crippen LogP contribution in [0.15, 0.2) is 34.1 Å². The third-order valence-electron chi connectivity index (χ3n) is 3.86. The second kappa shape index (κ2) is 6.79. The summed E-state index contributed by atoms with van der Waals surface area (Å²) in [5.74, 6) is 0.239. The van der Waals surface area contributed by atoms with Gasteiger partial charge in [-0.2, -0.15) is 0 Å². The zero-order valence-electron chi connectivity index (χ0n) is 12.0. The summed E-state index contributed by atoms with van der Waals surface area (Å²) in [7, 11) is 0. The predicted octanol–water partition coefficient (Wildman–Crippen LogP) is 2.96. The molecule has 1 amide bonds. The van der Waals surface area contributed by atoms with E-state index in [2.05, 4.69) is 17.4 Å². The van der Waals surface area contributed by atoms with Crippen LogP contribution >= 0.6 is 23.5 Å². The van der Waals surface area contributed by atoms with E-state index in [1.807, 2.05) is 12.1 Å². The molecule has 0 saturated heterocycles. The van der Waals surface area contributed by atoms with Crippen molar-refractivity contribution in [3.63, 3.8) is 0 Å². The first-order chi connectivity index (χ1) is 10.7. The number of benzene rings is 1. The van der Waals surface area contributed by atoms with Gasteiger partial charge in [-0.15, -0.1) is 23.5 Å². The van der Waals surface area contributed by atoms with Gasteiger partial charge in [-0.25, -0.2) is 4.79 Å². The van der Waals surface area contributed by atoms with Gasteiger partial charge >= 0.3 is 5.97 Å². The van der Waals surface area contributed by atoms with Crippen LogP contribution in [0, 0.1) is 0 Å². The lowest BCUT2D eigenvalue weighted by molar-refractivity contribution is -0.132. The quantitative estimate of drug-likeness (QED) is 0.889. The van der Waals surface area contributed by atoms with Gasteiger partial charge in [0, 0.05) is 11.5 Å². The van der Waals surface area contributed by atoms with Crippen LogP contribution in [0.2, 0.25) is 0 Å². The number of nitrogens with one attached hydrogen (secondary N) is 1. The Balaban J connectivity index is 1.82. The summed E-state index contributed by atoms with van der Waals surface area (Å²) in [6, 6.07) is 8.13. The molecule has 0 spiro atoms. The molecule has 0 bridgehead atoms. The number of fused-ring (bicyclic) bond motifs is 1. The number of hydrogen-bond acceptors (Lipinski definition) is 4. The topological polar surface area (TPSA) is 66.4 Å². The summed E-state index contributed by atoms with van der Waals surface area (Å²) in [5, 5.41) is 12.3. The average molecular weight is 335 g/mol. The van der Waals surface area contributed by atoms with E-state index in [1.54, 1.807) is 0 Å². The molecule has 0 fully saturated rings. The number of aliphatic carboxylic acids is 1. The van der Waals surface area contributed by atoms with Crippen molar-refractivity contribution in [1.82, 2.24) is 5.32 Å². The van der Waals surface area contributed by atoms with E-state index in [-0.39, 0.29) is 16.9 Å². The minimum Gasteiger partial charge on any atom is -0.477 e. The van der Waals surface area contributed by atoms with Gasteiger partial charge in [-0.05, 0) is 30.4 Å². The maximum atomic E-state index is 12.5. The molecule has 4 nitrogen and oxygen atoms in total. The highest BCUT2D eigenvalue weighted by Crippen LogP contribution is 2.36. The lowest BCUT2D eigenvalue weighted by Crippen LogP contribution is -2.32. The monoisotopic (exact) mass is 335 g/mol. The highest BCUT2D eigenvalue weighted by Gasteiger charge is 2.28. The molecule has 1 aliphatic carbocycles. The summed E-state index contributed by atoms with van der Waals surface area (Å²) in [6.45, 7) is 0. The van der Waals surface area contributed by atoms with Crippen molar-refractivity contribution in [3.8, 4) is 0 Å². The standard InChI is InChI=1S/C16H17NO3S2/c18-15(13-14(16(19)20)22-9-8-21-13)17-12-7-3-5-10-4-1-2-6-11(10)12/h1-2,4,6,12H,3,5,7-9H2,(H,17,18)(H,19,20)/t12-/m1/s1. The fourth-order valence-corrected chi connectivity index (χ4v) is 5.06. The highest BCUT2D eigenvalue weighted by atomic mass is 32.2. The largest absolute Gasteiger partial charge is 0.477 e. The number of aryl methyl sites for hydroxylation is 1. The van der Waals surface area contributed by atoms with Gasteiger partial charge in [0.15, 0.2) is 0 Å². The first-order valence-electron chi connectivity index (χ1n) is 7.28. The molecule has 1 aromatic rings. The molecule has 1 heterocycles. The van der Waals surface area contributed by atoms with E-state index in [1.165, 1.54) is 29.1 Å². The number of hydrogen-bond donors (Lipinski definition) is 2. The first kappa shape index (κ1) is 15.5. The van der Waals surface area contributed by atoms with Crippen LogP contribution in [0.4, 0.5) is 0 Å². The van der Waals surface area contributed by atoms with E-state index >= 15 is 0 Å². The Kier molecular flexibility index (Phi) is 4.78. The maximum Gasteiger partial charge on any atom is 0.343 e. The Morgan fingerprint density at radius 2 is 1.86 bits per heavy atom. The molecule has 116 valence electrons. The van der Waals surface area contributed by atoms with Crippen molar-refractivity contribution >= 4 is 35.4 Å². The van der Waals surface area contributed by atoms with Gasteiger partial charge in [0.1, 0.15) is 4.91 Å². The summed E-state index contributed by atoms with van der Waals surface area (Å²) in [5.41, 5.74) is 2.44. The zero-order valence-corrected chi connectivity index (χ0v) is 13.6. The Morgan fingerprint density at radius 3 is 2.64 bits per heavy atom. The smallest absolute Gasteiger partial charge is 0.343 e. The van der Waals surface area contributed by atoms with Crippen molar-refractivity contribution in [2.45, 2.75) is 25.3 Å². The third kappa shape index (κ3) is 3.17. The predicted molar refractivity (Wildman–Crippen MR) is 89.8 cm³/mol. The number of thioether (sulfide) groups is 2. The van der Waals surface area contributed by atoms with Gasteiger partial charge in [0.2, 0.25) is 0 Å². The summed E-state index contributed by atoms with van der Waals surface area (Å²) < 4.78 is 0. The second-order valence-electron chi connectivity index (χ2n) is 5.28. The fraction of sp³-hybridized carbons (Fsp3) is 0.375. The van der Waals surface area contributed by atoms with Crippen molar-refractivity contribution in [1.29, 1.82) is 0 Å². The highest BCUT2D eigenvalue weighted by molar-refractivity contribution is 8.11. The average Bonchev–Trinajstić information content (AvgIpc) is 2.55. The molecule has 0 aromatic heterocycles. The van der Waals surface area contributed by atoms with E-state index < -0.39 is 5.97 Å². The van der Waals surface area contributed by atoms with Gasteiger partial charge in [-0.3, -0.25) is 4.79 Å². The summed E-state index contributed by atoms with van der Waals surface area (Å²) >= 11 is 2.60. The number of amides is 1. The van der Waals surface area contributed by atoms with Crippen LogP contribution < -0.4 is 5.32 Å². The van der Waals surface area contributed by atoms with Crippen molar-refractivity contribution in [2.75, 3.05) is 11.5 Å². The molecule has 0 unspecified atom stereocenters. The van der Waals surface area contributed by atoms with E-state index in [0.717, 1.165) is 36.3 Å². The van der Waals surface area contributed by atoms with Crippen LogP contribution in [0.5, 0.6) is 0 Å². The van der Waals surface area contributed by atoms with Crippen LogP contribution in [0.25, 0.3) is 0 Å². The minimum atomic E-state index is -1.01. The van der Waals surface area contributed by atoms with E-state index in [4.69, 9.17) is 0 Å². The summed E-state index contributed by atoms with van der Waals surface area (Å²) in [4.78, 5) is 24.3. The van der Waals surface area contributed by atoms with Crippen molar-refractivity contribution in [3.05, 3.63) is 45.2 Å². The molecule has 3 rings (SSSR count). The number of rotatable bonds is 3. The molecule has 2 aliphatic rings. The van der Waals surface area contributed by atoms with Crippen LogP contribution in [0.3, 0.4) is 0 Å². The number of carbonyl (C=O) groups excluding carboxylic acids is 1. The zero-order chi connectivity index (χ0) is 15.5. The Labute approximate surface area is 137 Å². The SMILES string of the molecule is O=C(O)C1=C(C(=O)N[C@@H]2CCCc3ccccc32)SCCS1. The fourth-order valence-electron chi connectivity index (χ4n) is 2.87. The molecule has 1 aliphatic heterocycles. The van der Waals surface area contributed by atoms with Gasteiger partial charge in [-0.1, -0.05) is 24.3 Å². The molecule has 1 atom stereocenters. The number of carboxylic acid groups (broad SMARTS) is 1. The number of carboxylic acids is 1. The Bertz CT molecular complexity index is 642. The first-order valence-corrected chi connectivity index (χ1v) is 9.26. The molecule has 1 aromatic carbocycles. The van der Waals surface area contributed by atoms with E-state index in [9.17, 15) is 14.7 Å². The molecule has 0 saturated carbocycles. The Hall–Kier alpha value is -1.40. The molecular formula is C16H17NO3S2. The third-order valence-corrected chi connectivity index (χ3v) is 6.41. The molecule has 6 heteroatoms. The number of carbonyl (C=O) groups is 2. The molecular weight excluding hydrogens is 318 g/mol. The minimum absolute atomic E-state index is 0.0208. The van der Waals surface area contributed by atoms with Crippen molar-refractivity contribution in [2.24, 2.45) is 0 Å². The maximum absolute atomic E-state index is 12.5. The van der Waals surface area contributed by atoms with Crippen molar-refractivity contribution < 1.29 is 14.7 Å². The normalized spacial score (nSPS) is 21.2. The summed E-state index contributed by atoms with van der Waals surface area (Å²) in [6.07, 6.45) is 2.97. The molecule has 0 radical (unpaired) electrons. The van der Waals surface area contributed by atoms with E-state index in [0.29, 0.717) is 4.91 Å². The van der Waals surface area contributed by atoms with Gasteiger partial charge < -0.3 is 10.4 Å². The molecule has 2 N–H and O–H groups in total. The lowest BCUT2D eigenvalue weighted by Gasteiger charge is -2.27.